The number of aliphatic carboxylic acids is 1. The van der Waals surface area contributed by atoms with E-state index in [4.69, 9.17) is 5.73 Å². The van der Waals surface area contributed by atoms with Crippen LogP contribution in [-0.4, -0.2) is 70.4 Å². The number of nitrogens with one attached hydrogen (secondary N) is 1. The third-order valence-electron chi connectivity index (χ3n) is 4.98. The Morgan fingerprint density at radius 1 is 1.39 bits per heavy atom. The lowest BCUT2D eigenvalue weighted by Gasteiger charge is -2.37. The molecule has 1 aromatic heterocycles. The van der Waals surface area contributed by atoms with Gasteiger partial charge in [0.1, 0.15) is 4.75 Å². The van der Waals surface area contributed by atoms with Gasteiger partial charge in [-0.1, -0.05) is 0 Å². The lowest BCUT2D eigenvalue weighted by atomic mass is 9.95. The van der Waals surface area contributed by atoms with Crippen molar-refractivity contribution >= 4 is 33.7 Å². The molecule has 2 atom stereocenters. The van der Waals surface area contributed by atoms with Crippen LogP contribution in [0, 0.1) is 0 Å². The van der Waals surface area contributed by atoms with E-state index in [-0.39, 0.29) is 22.7 Å². The lowest BCUT2D eigenvalue weighted by Crippen LogP contribution is -2.58. The van der Waals surface area contributed by atoms with Crippen LogP contribution >= 0.6 is 0 Å². The summed E-state index contributed by atoms with van der Waals surface area (Å²) in [6.07, 6.45) is 2.61. The first-order chi connectivity index (χ1) is 13.0. The van der Waals surface area contributed by atoms with Crippen LogP contribution in [0.3, 0.4) is 0 Å². The molecule has 0 bridgehead atoms. The largest absolute Gasteiger partial charge is 0.480 e. The van der Waals surface area contributed by atoms with E-state index >= 15 is 0 Å². The number of hydrogen-bond donors (Lipinski definition) is 3. The minimum atomic E-state index is -3.94. The van der Waals surface area contributed by atoms with Gasteiger partial charge in [0.2, 0.25) is 0 Å². The summed E-state index contributed by atoms with van der Waals surface area (Å²) >= 11 is 0. The molecule has 28 heavy (non-hydrogen) atoms. The zero-order valence-corrected chi connectivity index (χ0v) is 16.1. The molecule has 4 N–H and O–H groups in total. The fourth-order valence-electron chi connectivity index (χ4n) is 3.41. The predicted molar refractivity (Wildman–Crippen MR) is 98.7 cm³/mol. The van der Waals surface area contributed by atoms with Crippen LogP contribution in [0.4, 0.5) is 0 Å². The topological polar surface area (TPSA) is 160 Å². The highest BCUT2D eigenvalue weighted by molar-refractivity contribution is 7.94. The van der Waals surface area contributed by atoms with E-state index in [1.807, 2.05) is 0 Å². The molecule has 0 aromatic carbocycles. The van der Waals surface area contributed by atoms with Crippen molar-refractivity contribution < 1.29 is 27.9 Å². The Morgan fingerprint density at radius 2 is 2.07 bits per heavy atom. The maximum absolute atomic E-state index is 12.8. The second kappa shape index (κ2) is 6.67. The number of sulfone groups is 1. The fraction of sp³-hybridized carbons (Fsp3) is 0.412. The van der Waals surface area contributed by atoms with E-state index in [9.17, 15) is 27.9 Å². The Bertz CT molecular complexity index is 983. The van der Waals surface area contributed by atoms with Crippen LogP contribution in [0.5, 0.6) is 0 Å². The quantitative estimate of drug-likeness (QED) is 0.412. The number of fused-ring (bicyclic) bond motifs is 1. The average Bonchev–Trinajstić information content (AvgIpc) is 2.78. The van der Waals surface area contributed by atoms with E-state index in [0.29, 0.717) is 13.1 Å². The molecular weight excluding hydrogens is 388 g/mol. The van der Waals surface area contributed by atoms with Gasteiger partial charge in [0.25, 0.3) is 11.8 Å². The summed E-state index contributed by atoms with van der Waals surface area (Å²) in [6, 6.07) is 1.51. The fourth-order valence-corrected chi connectivity index (χ4v) is 5.53. The number of pyridine rings is 1. The summed E-state index contributed by atoms with van der Waals surface area (Å²) in [5.41, 5.74) is 5.86. The Labute approximate surface area is 161 Å². The van der Waals surface area contributed by atoms with Crippen molar-refractivity contribution in [2.75, 3.05) is 13.1 Å². The van der Waals surface area contributed by atoms with Gasteiger partial charge in [-0.3, -0.25) is 14.6 Å². The summed E-state index contributed by atoms with van der Waals surface area (Å²) in [4.78, 5) is 40.8. The molecule has 11 heteroatoms. The molecule has 2 amide bonds. The average molecular weight is 408 g/mol. The van der Waals surface area contributed by atoms with Gasteiger partial charge in [-0.2, -0.15) is 0 Å². The van der Waals surface area contributed by atoms with Crippen molar-refractivity contribution in [3.63, 3.8) is 0 Å². The van der Waals surface area contributed by atoms with Gasteiger partial charge in [-0.15, -0.1) is 0 Å². The number of aromatic nitrogens is 1. The van der Waals surface area contributed by atoms with Gasteiger partial charge >= 0.3 is 5.97 Å². The summed E-state index contributed by atoms with van der Waals surface area (Å²) < 4.78 is 24.0. The van der Waals surface area contributed by atoms with Crippen molar-refractivity contribution in [2.45, 2.75) is 30.0 Å². The zero-order valence-electron chi connectivity index (χ0n) is 15.2. The van der Waals surface area contributed by atoms with Crippen LogP contribution in [0.1, 0.15) is 29.9 Å². The van der Waals surface area contributed by atoms with E-state index < -0.39 is 37.9 Å². The van der Waals surface area contributed by atoms with E-state index in [1.165, 1.54) is 38.3 Å². The number of rotatable bonds is 5. The van der Waals surface area contributed by atoms with Crippen LogP contribution in [0.15, 0.2) is 23.9 Å². The van der Waals surface area contributed by atoms with Crippen molar-refractivity contribution in [2.24, 2.45) is 5.73 Å². The minimum Gasteiger partial charge on any atom is -0.480 e. The molecule has 0 radical (unpaired) electrons. The first kappa shape index (κ1) is 20.0. The number of carboxylic acids is 1. The van der Waals surface area contributed by atoms with Crippen LogP contribution in [0.25, 0.3) is 6.08 Å². The first-order valence-electron chi connectivity index (χ1n) is 8.49. The van der Waals surface area contributed by atoms with Crippen molar-refractivity contribution in [1.29, 1.82) is 0 Å². The summed E-state index contributed by atoms with van der Waals surface area (Å²) in [5.74, 6) is -2.37. The summed E-state index contributed by atoms with van der Waals surface area (Å²) in [5, 5.41) is 10.7. The highest BCUT2D eigenvalue weighted by Crippen LogP contribution is 2.48. The van der Waals surface area contributed by atoms with Gasteiger partial charge in [0.05, 0.1) is 16.8 Å². The molecule has 1 aromatic rings. The summed E-state index contributed by atoms with van der Waals surface area (Å²) in [7, 11) is -3.94. The third-order valence-corrected chi connectivity index (χ3v) is 7.74. The minimum absolute atomic E-state index is 0.0374. The van der Waals surface area contributed by atoms with Gasteiger partial charge in [-0.25, -0.2) is 13.2 Å². The normalized spacial score (nSPS) is 25.9. The highest BCUT2D eigenvalue weighted by atomic mass is 32.2. The van der Waals surface area contributed by atoms with Gasteiger partial charge in [0.15, 0.2) is 21.3 Å². The standard InChI is InChI=1S/C17H20N4O6S/c1-17(2)12(16(24)25)21-14(23)11(15(21)28(17,26)27)7-10-4-3-9(8-20-10)13(22)19-6-5-18/h3-4,7-8,12,15H,5-6,18H2,1-2H3,(H,19,22)(H,24,25)/b11-7-/t12-,15?/m0/s1. The second-order valence-corrected chi connectivity index (χ2v) is 9.66. The van der Waals surface area contributed by atoms with Crippen LogP contribution < -0.4 is 11.1 Å². The molecule has 0 aliphatic carbocycles. The summed E-state index contributed by atoms with van der Waals surface area (Å²) in [6.45, 7) is 3.22. The number of carbonyl (C=O) groups excluding carboxylic acids is 2. The SMILES string of the molecule is CC1(C)[C@H](C(=O)O)N2C(=O)/C(=C/c3ccc(C(=O)NCCN)cn3)C2S1(=O)=O. The molecule has 2 aliphatic rings. The second-order valence-electron chi connectivity index (χ2n) is 7.07. The molecule has 3 rings (SSSR count). The van der Waals surface area contributed by atoms with Crippen LogP contribution in [-0.2, 0) is 19.4 Å². The maximum atomic E-state index is 12.8. The molecule has 0 saturated carbocycles. The molecule has 2 saturated heterocycles. The maximum Gasteiger partial charge on any atom is 0.328 e. The lowest BCUT2D eigenvalue weighted by molar-refractivity contribution is -0.152. The van der Waals surface area contributed by atoms with E-state index in [2.05, 4.69) is 10.3 Å². The molecule has 150 valence electrons. The molecule has 10 nitrogen and oxygen atoms in total. The predicted octanol–water partition coefficient (Wildman–Crippen LogP) is -1.02. The third kappa shape index (κ3) is 2.78. The molecule has 2 aliphatic heterocycles. The first-order valence-corrected chi connectivity index (χ1v) is 10.0. The number of carbonyl (C=O) groups is 3. The molecule has 2 fully saturated rings. The molecule has 0 spiro atoms. The van der Waals surface area contributed by atoms with Gasteiger partial charge in [-0.05, 0) is 32.1 Å². The Kier molecular flexibility index (Phi) is 4.76. The molecule has 3 heterocycles. The molecule has 1 unspecified atom stereocenters. The van der Waals surface area contributed by atoms with Crippen molar-refractivity contribution in [3.05, 3.63) is 35.2 Å². The number of nitrogens with zero attached hydrogens (tertiary/aromatic N) is 2. The molecular formula is C17H20N4O6S. The van der Waals surface area contributed by atoms with Crippen molar-refractivity contribution in [1.82, 2.24) is 15.2 Å². The number of β-lactam (4-membered cyclic amide) rings is 1. The van der Waals surface area contributed by atoms with Gasteiger partial charge < -0.3 is 21.1 Å². The number of carboxylic acid groups (broad SMARTS) is 1. The van der Waals surface area contributed by atoms with E-state index in [0.717, 1.165) is 4.90 Å². The van der Waals surface area contributed by atoms with Crippen LogP contribution in [0.2, 0.25) is 0 Å². The Balaban J connectivity index is 1.90. The zero-order chi connectivity index (χ0) is 20.9. The Morgan fingerprint density at radius 3 is 2.61 bits per heavy atom. The Hall–Kier alpha value is -2.79. The van der Waals surface area contributed by atoms with E-state index in [1.54, 1.807) is 0 Å². The highest BCUT2D eigenvalue weighted by Gasteiger charge is 2.70. The van der Waals surface area contributed by atoms with Crippen molar-refractivity contribution in [3.8, 4) is 0 Å². The smallest absolute Gasteiger partial charge is 0.328 e. The number of hydrogen-bond acceptors (Lipinski definition) is 7. The monoisotopic (exact) mass is 408 g/mol. The number of amides is 2. The number of nitrogens with two attached hydrogens (primary N) is 1. The van der Waals surface area contributed by atoms with Gasteiger partial charge in [0, 0.05) is 19.3 Å².